The summed E-state index contributed by atoms with van der Waals surface area (Å²) in [4.78, 5) is 0. The average Bonchev–Trinajstić information content (AvgIpc) is 2.35. The van der Waals surface area contributed by atoms with Gasteiger partial charge in [-0.15, -0.1) is 0 Å². The van der Waals surface area contributed by atoms with E-state index in [1.54, 1.807) is 23.9 Å². The highest BCUT2D eigenvalue weighted by Crippen LogP contribution is 2.28. The predicted octanol–water partition coefficient (Wildman–Crippen LogP) is 3.34. The van der Waals surface area contributed by atoms with Crippen molar-refractivity contribution in [1.82, 2.24) is 0 Å². The largest absolute Gasteiger partial charge is 0.392 e. The Labute approximate surface area is 118 Å². The first-order chi connectivity index (χ1) is 8.16. The van der Waals surface area contributed by atoms with E-state index in [1.165, 1.54) is 6.07 Å². The monoisotopic (exact) mass is 336 g/mol. The second-order valence-electron chi connectivity index (χ2n) is 3.99. The molecular weight excluding hydrogens is 323 g/mol. The van der Waals surface area contributed by atoms with Crippen molar-refractivity contribution in [2.45, 2.75) is 17.8 Å². The highest BCUT2D eigenvalue weighted by molar-refractivity contribution is 9.10. The van der Waals surface area contributed by atoms with E-state index in [-0.39, 0.29) is 11.1 Å². The highest BCUT2D eigenvalue weighted by Gasteiger charge is 2.23. The molecule has 0 radical (unpaired) electrons. The Balaban J connectivity index is 2.01. The summed E-state index contributed by atoms with van der Waals surface area (Å²) in [6.07, 6.45) is -0.0691. The maximum absolute atomic E-state index is 13.6. The summed E-state index contributed by atoms with van der Waals surface area (Å²) in [5, 5.41) is 10.4. The first-order valence-corrected chi connectivity index (χ1v) is 8.48. The third kappa shape index (κ3) is 3.88. The summed E-state index contributed by atoms with van der Waals surface area (Å²) in [5.74, 6) is 2.95. The van der Waals surface area contributed by atoms with Crippen LogP contribution in [0.15, 0.2) is 22.7 Å². The highest BCUT2D eigenvalue weighted by atomic mass is 79.9. The molecule has 1 fully saturated rings. The van der Waals surface area contributed by atoms with Crippen LogP contribution in [0.3, 0.4) is 0 Å². The second-order valence-corrected chi connectivity index (χ2v) is 7.40. The van der Waals surface area contributed by atoms with Gasteiger partial charge in [-0.2, -0.15) is 23.5 Å². The molecule has 1 aromatic carbocycles. The van der Waals surface area contributed by atoms with E-state index in [2.05, 4.69) is 15.9 Å². The quantitative estimate of drug-likeness (QED) is 0.914. The lowest BCUT2D eigenvalue weighted by atomic mass is 10.1. The smallest absolute Gasteiger partial charge is 0.126 e. The molecule has 1 aliphatic rings. The van der Waals surface area contributed by atoms with Gasteiger partial charge in [0.25, 0.3) is 0 Å². The van der Waals surface area contributed by atoms with Crippen LogP contribution in [0, 0.1) is 5.82 Å². The van der Waals surface area contributed by atoms with E-state index in [4.69, 9.17) is 0 Å². The van der Waals surface area contributed by atoms with Gasteiger partial charge in [-0.1, -0.05) is 15.9 Å². The number of aliphatic hydroxyl groups is 1. The lowest BCUT2D eigenvalue weighted by molar-refractivity contribution is 0.176. The fraction of sp³-hybridized carbons (Fsp3) is 0.500. The lowest BCUT2D eigenvalue weighted by Crippen LogP contribution is -2.30. The maximum atomic E-state index is 13.6. The van der Waals surface area contributed by atoms with Gasteiger partial charge in [-0.25, -0.2) is 4.39 Å². The van der Waals surface area contributed by atoms with E-state index in [0.29, 0.717) is 12.0 Å². The van der Waals surface area contributed by atoms with Crippen LogP contribution in [0.2, 0.25) is 0 Å². The van der Waals surface area contributed by atoms with Crippen molar-refractivity contribution in [3.63, 3.8) is 0 Å². The molecule has 17 heavy (non-hydrogen) atoms. The van der Waals surface area contributed by atoms with Crippen LogP contribution < -0.4 is 0 Å². The number of aliphatic hydroxyl groups excluding tert-OH is 1. The van der Waals surface area contributed by atoms with E-state index < -0.39 is 6.10 Å². The van der Waals surface area contributed by atoms with Crippen molar-refractivity contribution in [3.05, 3.63) is 34.1 Å². The third-order valence-corrected chi connectivity index (χ3v) is 6.11. The number of hydrogen-bond acceptors (Lipinski definition) is 3. The van der Waals surface area contributed by atoms with Crippen LogP contribution in [0.5, 0.6) is 0 Å². The Hall–Kier alpha value is 0.290. The van der Waals surface area contributed by atoms with E-state index in [1.807, 2.05) is 11.8 Å². The molecule has 0 saturated carbocycles. The fourth-order valence-corrected chi connectivity index (χ4v) is 4.97. The molecule has 5 heteroatoms. The molecule has 1 saturated heterocycles. The molecule has 94 valence electrons. The summed E-state index contributed by atoms with van der Waals surface area (Å²) in [6.45, 7) is 0. The minimum Gasteiger partial charge on any atom is -0.392 e. The van der Waals surface area contributed by atoms with Gasteiger partial charge in [0.15, 0.2) is 0 Å². The molecule has 2 rings (SSSR count). The topological polar surface area (TPSA) is 20.2 Å². The van der Waals surface area contributed by atoms with Gasteiger partial charge < -0.3 is 5.11 Å². The number of halogens is 2. The number of benzene rings is 1. The van der Waals surface area contributed by atoms with Crippen LogP contribution in [0.25, 0.3) is 0 Å². The normalized spacial score (nSPS) is 22.4. The van der Waals surface area contributed by atoms with E-state index in [0.717, 1.165) is 21.7 Å². The Morgan fingerprint density at radius 3 is 3.00 bits per heavy atom. The third-order valence-electron chi connectivity index (χ3n) is 2.71. The first kappa shape index (κ1) is 13.7. The van der Waals surface area contributed by atoms with Gasteiger partial charge in [0.05, 0.1) is 6.10 Å². The van der Waals surface area contributed by atoms with Crippen LogP contribution in [0.1, 0.15) is 5.56 Å². The van der Waals surface area contributed by atoms with Gasteiger partial charge >= 0.3 is 0 Å². The molecule has 1 N–H and O–H groups in total. The van der Waals surface area contributed by atoms with E-state index in [9.17, 15) is 9.50 Å². The minimum atomic E-state index is -0.461. The van der Waals surface area contributed by atoms with E-state index >= 15 is 0 Å². The molecular formula is C12H14BrFOS2. The molecule has 0 spiro atoms. The van der Waals surface area contributed by atoms with Gasteiger partial charge in [0.1, 0.15) is 5.82 Å². The van der Waals surface area contributed by atoms with Gasteiger partial charge in [0, 0.05) is 33.4 Å². The van der Waals surface area contributed by atoms with Gasteiger partial charge in [0.2, 0.25) is 0 Å². The van der Waals surface area contributed by atoms with Crippen molar-refractivity contribution in [1.29, 1.82) is 0 Å². The predicted molar refractivity (Wildman–Crippen MR) is 77.4 cm³/mol. The van der Waals surface area contributed by atoms with Crippen LogP contribution in [-0.4, -0.2) is 33.7 Å². The molecule has 1 heterocycles. The molecule has 1 nitrogen and oxygen atoms in total. The average molecular weight is 337 g/mol. The second kappa shape index (κ2) is 6.45. The summed E-state index contributed by atoms with van der Waals surface area (Å²) in [5.41, 5.74) is 0.586. The molecule has 2 unspecified atom stereocenters. The Morgan fingerprint density at radius 2 is 2.29 bits per heavy atom. The standard InChI is InChI=1S/C12H14BrFOS2/c13-9-1-2-10(14)8(5-9)6-11(15)12-7-16-3-4-17-12/h1-2,5,11-12,15H,3-4,6-7H2. The molecule has 0 aliphatic carbocycles. The molecule has 0 aromatic heterocycles. The van der Waals surface area contributed by atoms with Gasteiger partial charge in [-0.3, -0.25) is 0 Å². The zero-order chi connectivity index (χ0) is 12.3. The number of thioether (sulfide) groups is 2. The molecule has 0 bridgehead atoms. The SMILES string of the molecule is OC(Cc1cc(Br)ccc1F)C1CSCCS1. The van der Waals surface area contributed by atoms with Crippen molar-refractivity contribution in [2.24, 2.45) is 0 Å². The lowest BCUT2D eigenvalue weighted by Gasteiger charge is -2.26. The molecule has 2 atom stereocenters. The number of hydrogen-bond donors (Lipinski definition) is 1. The molecule has 0 amide bonds. The molecule has 1 aromatic rings. The fourth-order valence-electron chi connectivity index (χ4n) is 1.78. The van der Waals surface area contributed by atoms with Crippen molar-refractivity contribution < 1.29 is 9.50 Å². The maximum Gasteiger partial charge on any atom is 0.126 e. The zero-order valence-corrected chi connectivity index (χ0v) is 12.5. The minimum absolute atomic E-state index is 0.229. The molecule has 1 aliphatic heterocycles. The Bertz CT molecular complexity index is 383. The Morgan fingerprint density at radius 1 is 1.47 bits per heavy atom. The van der Waals surface area contributed by atoms with Crippen molar-refractivity contribution in [3.8, 4) is 0 Å². The zero-order valence-electron chi connectivity index (χ0n) is 9.23. The van der Waals surface area contributed by atoms with Gasteiger partial charge in [-0.05, 0) is 23.8 Å². The summed E-state index contributed by atoms with van der Waals surface area (Å²) >= 11 is 6.99. The Kier molecular flexibility index (Phi) is 5.21. The summed E-state index contributed by atoms with van der Waals surface area (Å²) in [6, 6.07) is 4.87. The van der Waals surface area contributed by atoms with Crippen LogP contribution in [0.4, 0.5) is 4.39 Å². The summed E-state index contributed by atoms with van der Waals surface area (Å²) < 4.78 is 14.4. The van der Waals surface area contributed by atoms with Crippen LogP contribution in [-0.2, 0) is 6.42 Å². The van der Waals surface area contributed by atoms with Crippen molar-refractivity contribution in [2.75, 3.05) is 17.3 Å². The summed E-state index contributed by atoms with van der Waals surface area (Å²) in [7, 11) is 0. The van der Waals surface area contributed by atoms with Crippen molar-refractivity contribution >= 4 is 39.5 Å². The van der Waals surface area contributed by atoms with Crippen LogP contribution >= 0.6 is 39.5 Å². The first-order valence-electron chi connectivity index (χ1n) is 5.48. The number of rotatable bonds is 3.